The van der Waals surface area contributed by atoms with Crippen LogP contribution < -0.4 is 5.73 Å². The first-order valence-electron chi connectivity index (χ1n) is 5.21. The summed E-state index contributed by atoms with van der Waals surface area (Å²) in [6.07, 6.45) is 0.931. The fraction of sp³-hybridized carbons (Fsp3) is 0.545. The lowest BCUT2D eigenvalue weighted by atomic mass is 10.1. The molecular formula is C11H18N2O2S. The SMILES string of the molecule is CC(Cc1cccs1)N(C)CC(N)C(=O)O. The van der Waals surface area contributed by atoms with E-state index < -0.39 is 12.0 Å². The molecule has 16 heavy (non-hydrogen) atoms. The van der Waals surface area contributed by atoms with Gasteiger partial charge in [0.2, 0.25) is 0 Å². The molecule has 0 saturated heterocycles. The highest BCUT2D eigenvalue weighted by molar-refractivity contribution is 7.09. The van der Waals surface area contributed by atoms with Crippen LogP contribution in [-0.4, -0.2) is 41.7 Å². The summed E-state index contributed by atoms with van der Waals surface area (Å²) in [6, 6.07) is 3.60. The van der Waals surface area contributed by atoms with E-state index in [1.54, 1.807) is 11.3 Å². The van der Waals surface area contributed by atoms with Crippen molar-refractivity contribution in [1.82, 2.24) is 4.90 Å². The van der Waals surface area contributed by atoms with Gasteiger partial charge < -0.3 is 15.7 Å². The molecule has 0 aliphatic heterocycles. The van der Waals surface area contributed by atoms with Crippen molar-refractivity contribution in [3.8, 4) is 0 Å². The van der Waals surface area contributed by atoms with Crippen LogP contribution in [0, 0.1) is 0 Å². The van der Waals surface area contributed by atoms with Gasteiger partial charge in [0.05, 0.1) is 0 Å². The number of hydrogen-bond donors (Lipinski definition) is 2. The van der Waals surface area contributed by atoms with Gasteiger partial charge in [0.25, 0.3) is 0 Å². The van der Waals surface area contributed by atoms with Gasteiger partial charge in [0.1, 0.15) is 6.04 Å². The Morgan fingerprint density at radius 1 is 1.69 bits per heavy atom. The number of likely N-dealkylation sites (N-methyl/N-ethyl adjacent to an activating group) is 1. The van der Waals surface area contributed by atoms with E-state index in [9.17, 15) is 4.79 Å². The molecule has 90 valence electrons. The molecule has 3 N–H and O–H groups in total. The van der Waals surface area contributed by atoms with Crippen LogP contribution in [0.15, 0.2) is 17.5 Å². The van der Waals surface area contributed by atoms with E-state index in [0.29, 0.717) is 12.6 Å². The molecule has 0 aromatic carbocycles. The highest BCUT2D eigenvalue weighted by Crippen LogP contribution is 2.13. The zero-order chi connectivity index (χ0) is 12.1. The summed E-state index contributed by atoms with van der Waals surface area (Å²) in [5, 5.41) is 10.8. The Hall–Kier alpha value is -0.910. The zero-order valence-corrected chi connectivity index (χ0v) is 10.4. The number of nitrogens with zero attached hydrogens (tertiary/aromatic N) is 1. The number of carbonyl (C=O) groups is 1. The van der Waals surface area contributed by atoms with Gasteiger partial charge in [-0.05, 0) is 31.8 Å². The van der Waals surface area contributed by atoms with Gasteiger partial charge in [-0.3, -0.25) is 4.79 Å². The van der Waals surface area contributed by atoms with E-state index in [1.165, 1.54) is 4.88 Å². The molecule has 0 saturated carbocycles. The van der Waals surface area contributed by atoms with Gasteiger partial charge in [-0.25, -0.2) is 0 Å². The Morgan fingerprint density at radius 2 is 2.38 bits per heavy atom. The molecule has 0 radical (unpaired) electrons. The zero-order valence-electron chi connectivity index (χ0n) is 9.59. The third-order valence-corrected chi connectivity index (χ3v) is 3.53. The van der Waals surface area contributed by atoms with E-state index in [0.717, 1.165) is 6.42 Å². The van der Waals surface area contributed by atoms with Crippen molar-refractivity contribution >= 4 is 17.3 Å². The van der Waals surface area contributed by atoms with Crippen LogP contribution in [-0.2, 0) is 11.2 Å². The molecule has 1 aromatic heterocycles. The summed E-state index contributed by atoms with van der Waals surface area (Å²) in [4.78, 5) is 13.9. The molecule has 5 heteroatoms. The van der Waals surface area contributed by atoms with Crippen LogP contribution in [0.4, 0.5) is 0 Å². The molecule has 1 heterocycles. The largest absolute Gasteiger partial charge is 0.480 e. The van der Waals surface area contributed by atoms with E-state index in [-0.39, 0.29) is 0 Å². The Kier molecular flexibility index (Phi) is 4.92. The molecule has 0 bridgehead atoms. The number of hydrogen-bond acceptors (Lipinski definition) is 4. The normalized spacial score (nSPS) is 15.0. The van der Waals surface area contributed by atoms with Gasteiger partial charge in [0, 0.05) is 17.5 Å². The molecule has 4 nitrogen and oxygen atoms in total. The summed E-state index contributed by atoms with van der Waals surface area (Å²) < 4.78 is 0. The molecule has 0 amide bonds. The minimum atomic E-state index is -0.949. The van der Waals surface area contributed by atoms with Crippen LogP contribution in [0.2, 0.25) is 0 Å². The highest BCUT2D eigenvalue weighted by Gasteiger charge is 2.18. The van der Waals surface area contributed by atoms with Crippen molar-refractivity contribution in [3.05, 3.63) is 22.4 Å². The number of nitrogens with two attached hydrogens (primary N) is 1. The molecule has 1 rings (SSSR count). The van der Waals surface area contributed by atoms with Crippen molar-refractivity contribution < 1.29 is 9.90 Å². The maximum absolute atomic E-state index is 10.6. The lowest BCUT2D eigenvalue weighted by molar-refractivity contribution is -0.139. The van der Waals surface area contributed by atoms with Crippen molar-refractivity contribution in [2.24, 2.45) is 5.73 Å². The molecular weight excluding hydrogens is 224 g/mol. The van der Waals surface area contributed by atoms with Gasteiger partial charge in [-0.1, -0.05) is 6.07 Å². The summed E-state index contributed by atoms with van der Waals surface area (Å²) in [6.45, 7) is 2.45. The average molecular weight is 242 g/mol. The van der Waals surface area contributed by atoms with Crippen LogP contribution in [0.3, 0.4) is 0 Å². The minimum absolute atomic E-state index is 0.295. The number of carboxylic acids is 1. The lowest BCUT2D eigenvalue weighted by Gasteiger charge is -2.25. The monoisotopic (exact) mass is 242 g/mol. The summed E-state index contributed by atoms with van der Waals surface area (Å²) >= 11 is 1.72. The topological polar surface area (TPSA) is 66.6 Å². The summed E-state index contributed by atoms with van der Waals surface area (Å²) in [5.41, 5.74) is 5.49. The van der Waals surface area contributed by atoms with E-state index in [1.807, 2.05) is 23.4 Å². The lowest BCUT2D eigenvalue weighted by Crippen LogP contribution is -2.44. The maximum Gasteiger partial charge on any atom is 0.321 e. The molecule has 0 aliphatic rings. The fourth-order valence-electron chi connectivity index (χ4n) is 1.44. The molecule has 1 aromatic rings. The standard InChI is InChI=1S/C11H18N2O2S/c1-8(6-9-4-3-5-16-9)13(2)7-10(12)11(14)15/h3-5,8,10H,6-7,12H2,1-2H3,(H,14,15). The Bertz CT molecular complexity index is 327. The second-order valence-electron chi connectivity index (χ2n) is 4.02. The third kappa shape index (κ3) is 3.92. The number of rotatable bonds is 6. The summed E-state index contributed by atoms with van der Waals surface area (Å²) in [5.74, 6) is -0.949. The fourth-order valence-corrected chi connectivity index (χ4v) is 2.27. The molecule has 0 spiro atoms. The second kappa shape index (κ2) is 5.98. The van der Waals surface area contributed by atoms with Crippen LogP contribution in [0.5, 0.6) is 0 Å². The average Bonchev–Trinajstić information content (AvgIpc) is 2.69. The molecule has 2 unspecified atom stereocenters. The van der Waals surface area contributed by atoms with Gasteiger partial charge in [0.15, 0.2) is 0 Å². The van der Waals surface area contributed by atoms with Crippen LogP contribution >= 0.6 is 11.3 Å². The minimum Gasteiger partial charge on any atom is -0.480 e. The highest BCUT2D eigenvalue weighted by atomic mass is 32.1. The van der Waals surface area contributed by atoms with E-state index in [2.05, 4.69) is 13.0 Å². The van der Waals surface area contributed by atoms with Crippen molar-refractivity contribution in [3.63, 3.8) is 0 Å². The van der Waals surface area contributed by atoms with Gasteiger partial charge >= 0.3 is 5.97 Å². The van der Waals surface area contributed by atoms with E-state index in [4.69, 9.17) is 10.8 Å². The Morgan fingerprint density at radius 3 is 2.88 bits per heavy atom. The molecule has 0 aliphatic carbocycles. The van der Waals surface area contributed by atoms with Gasteiger partial charge in [-0.2, -0.15) is 0 Å². The van der Waals surface area contributed by atoms with Crippen molar-refractivity contribution in [2.45, 2.75) is 25.4 Å². The van der Waals surface area contributed by atoms with E-state index >= 15 is 0 Å². The number of aliphatic carboxylic acids is 1. The van der Waals surface area contributed by atoms with Gasteiger partial charge in [-0.15, -0.1) is 11.3 Å². The van der Waals surface area contributed by atoms with Crippen molar-refractivity contribution in [2.75, 3.05) is 13.6 Å². The predicted molar refractivity (Wildman–Crippen MR) is 65.7 cm³/mol. The Balaban J connectivity index is 2.41. The predicted octanol–water partition coefficient (Wildman–Crippen LogP) is 1.02. The maximum atomic E-state index is 10.6. The second-order valence-corrected chi connectivity index (χ2v) is 5.05. The number of carboxylic acid groups (broad SMARTS) is 1. The summed E-state index contributed by atoms with van der Waals surface area (Å²) in [7, 11) is 1.90. The first-order chi connectivity index (χ1) is 7.50. The molecule has 0 fully saturated rings. The quantitative estimate of drug-likeness (QED) is 0.781. The Labute approximate surface area is 99.7 Å². The van der Waals surface area contributed by atoms with Crippen molar-refractivity contribution in [1.29, 1.82) is 0 Å². The van der Waals surface area contributed by atoms with Crippen LogP contribution in [0.25, 0.3) is 0 Å². The smallest absolute Gasteiger partial charge is 0.321 e. The first-order valence-corrected chi connectivity index (χ1v) is 6.09. The van der Waals surface area contributed by atoms with Crippen LogP contribution in [0.1, 0.15) is 11.8 Å². The molecule has 2 atom stereocenters. The first kappa shape index (κ1) is 13.2. The third-order valence-electron chi connectivity index (χ3n) is 2.63. The number of thiophene rings is 1.